The third-order valence-electron chi connectivity index (χ3n) is 1.64. The van der Waals surface area contributed by atoms with E-state index in [4.69, 9.17) is 0 Å². The van der Waals surface area contributed by atoms with Crippen molar-refractivity contribution in [3.05, 3.63) is 0 Å². The molecule has 1 aliphatic heterocycles. The number of rotatable bonds is 4. The fraction of sp³-hybridized carbons (Fsp3) is 1.00. The number of hydrogen-bond donors (Lipinski definition) is 0. The Bertz CT molecular complexity index is 97.5. The molecule has 0 atom stereocenters. The first-order valence-corrected chi connectivity index (χ1v) is 7.68. The van der Waals surface area contributed by atoms with Gasteiger partial charge in [0.1, 0.15) is 0 Å². The predicted octanol–water partition coefficient (Wildman–Crippen LogP) is 3.53. The second-order valence-corrected chi connectivity index (χ2v) is 7.20. The van der Waals surface area contributed by atoms with E-state index in [0.717, 1.165) is 11.2 Å². The highest BCUT2D eigenvalue weighted by Gasteiger charge is 2.15. The van der Waals surface area contributed by atoms with Crippen LogP contribution >= 0.6 is 33.3 Å². The number of hydrogen-bond acceptors (Lipinski definition) is 3. The van der Waals surface area contributed by atoms with Crippen molar-refractivity contribution in [1.29, 1.82) is 0 Å². The zero-order valence-electron chi connectivity index (χ0n) is 7.21. The third-order valence-corrected chi connectivity index (χ3v) is 5.90. The van der Waals surface area contributed by atoms with Crippen LogP contribution in [0.15, 0.2) is 0 Å². The Morgan fingerprint density at radius 1 is 1.36 bits per heavy atom. The molecule has 11 heavy (non-hydrogen) atoms. The van der Waals surface area contributed by atoms with Crippen LogP contribution in [0, 0.1) is 5.92 Å². The van der Waals surface area contributed by atoms with Crippen LogP contribution in [0.4, 0.5) is 0 Å². The van der Waals surface area contributed by atoms with E-state index in [1.807, 2.05) is 21.6 Å². The average Bonchev–Trinajstić information content (AvgIpc) is 2.39. The largest absolute Gasteiger partial charge is 0.157 e. The van der Waals surface area contributed by atoms with Crippen LogP contribution in [-0.2, 0) is 0 Å². The average molecular weight is 208 g/mol. The highest BCUT2D eigenvalue weighted by molar-refractivity contribution is 8.77. The first kappa shape index (κ1) is 10.1. The van der Waals surface area contributed by atoms with Crippen molar-refractivity contribution in [1.82, 2.24) is 0 Å². The SMILES string of the molecule is CC(C)CCSC1CSSC1. The second-order valence-electron chi connectivity index (χ2n) is 3.24. The summed E-state index contributed by atoms with van der Waals surface area (Å²) in [5.74, 6) is 4.98. The van der Waals surface area contributed by atoms with Crippen LogP contribution in [0.3, 0.4) is 0 Å². The van der Waals surface area contributed by atoms with Gasteiger partial charge < -0.3 is 0 Å². The molecule has 66 valence electrons. The van der Waals surface area contributed by atoms with E-state index >= 15 is 0 Å². The van der Waals surface area contributed by atoms with Gasteiger partial charge in [0, 0.05) is 16.8 Å². The van der Waals surface area contributed by atoms with Gasteiger partial charge in [0.25, 0.3) is 0 Å². The normalized spacial score (nSPS) is 19.9. The third kappa shape index (κ3) is 4.58. The van der Waals surface area contributed by atoms with Gasteiger partial charge in [-0.05, 0) is 18.1 Å². The Hall–Kier alpha value is 1.05. The molecule has 1 aliphatic rings. The van der Waals surface area contributed by atoms with Gasteiger partial charge in [-0.2, -0.15) is 11.8 Å². The zero-order chi connectivity index (χ0) is 8.10. The topological polar surface area (TPSA) is 0 Å². The molecule has 0 aliphatic carbocycles. The summed E-state index contributed by atoms with van der Waals surface area (Å²) in [4.78, 5) is 0. The van der Waals surface area contributed by atoms with E-state index in [1.54, 1.807) is 0 Å². The molecule has 0 aromatic carbocycles. The summed E-state index contributed by atoms with van der Waals surface area (Å²) in [7, 11) is 4.07. The monoisotopic (exact) mass is 208 g/mol. The summed E-state index contributed by atoms with van der Waals surface area (Å²) in [5.41, 5.74) is 0. The lowest BCUT2D eigenvalue weighted by Gasteiger charge is -2.08. The highest BCUT2D eigenvalue weighted by atomic mass is 33.1. The van der Waals surface area contributed by atoms with E-state index in [2.05, 4.69) is 25.6 Å². The Morgan fingerprint density at radius 3 is 2.55 bits per heavy atom. The maximum atomic E-state index is 2.30. The minimum absolute atomic E-state index is 0.879. The molecule has 0 spiro atoms. The molecular weight excluding hydrogens is 192 g/mol. The minimum Gasteiger partial charge on any atom is -0.157 e. The van der Waals surface area contributed by atoms with Gasteiger partial charge in [-0.3, -0.25) is 0 Å². The van der Waals surface area contributed by atoms with Gasteiger partial charge >= 0.3 is 0 Å². The predicted molar refractivity (Wildman–Crippen MR) is 60.6 cm³/mol. The first-order chi connectivity index (χ1) is 5.29. The van der Waals surface area contributed by atoms with Gasteiger partial charge in [-0.1, -0.05) is 35.4 Å². The fourth-order valence-corrected chi connectivity index (χ4v) is 5.94. The molecule has 0 nitrogen and oxygen atoms in total. The number of thioether (sulfide) groups is 1. The standard InChI is InChI=1S/C8H16S3/c1-7(2)3-4-9-8-5-10-11-6-8/h7-8H,3-6H2,1-2H3. The van der Waals surface area contributed by atoms with Gasteiger partial charge in [0.2, 0.25) is 0 Å². The molecular formula is C8H16S3. The molecule has 1 heterocycles. The summed E-state index contributed by atoms with van der Waals surface area (Å²) < 4.78 is 0. The van der Waals surface area contributed by atoms with Crippen molar-refractivity contribution in [2.24, 2.45) is 5.92 Å². The summed E-state index contributed by atoms with van der Waals surface area (Å²) in [5, 5.41) is 0.948. The molecule has 0 N–H and O–H groups in total. The van der Waals surface area contributed by atoms with E-state index in [9.17, 15) is 0 Å². The van der Waals surface area contributed by atoms with Crippen LogP contribution < -0.4 is 0 Å². The molecule has 0 saturated carbocycles. The van der Waals surface area contributed by atoms with E-state index < -0.39 is 0 Å². The Morgan fingerprint density at radius 2 is 2.00 bits per heavy atom. The van der Waals surface area contributed by atoms with Crippen molar-refractivity contribution in [3.63, 3.8) is 0 Å². The van der Waals surface area contributed by atoms with Crippen molar-refractivity contribution < 1.29 is 0 Å². The maximum absolute atomic E-state index is 2.30. The Kier molecular flexibility index (Phi) is 5.21. The van der Waals surface area contributed by atoms with Crippen LogP contribution in [0.1, 0.15) is 20.3 Å². The summed E-state index contributed by atoms with van der Waals surface area (Å²) >= 11 is 2.17. The first-order valence-electron chi connectivity index (χ1n) is 4.15. The van der Waals surface area contributed by atoms with E-state index in [1.165, 1.54) is 23.7 Å². The quantitative estimate of drug-likeness (QED) is 0.649. The van der Waals surface area contributed by atoms with E-state index in [0.29, 0.717) is 0 Å². The molecule has 1 fully saturated rings. The highest BCUT2D eigenvalue weighted by Crippen LogP contribution is 2.37. The van der Waals surface area contributed by atoms with Crippen LogP contribution in [-0.4, -0.2) is 22.5 Å². The van der Waals surface area contributed by atoms with Crippen molar-refractivity contribution >= 4 is 33.3 Å². The van der Waals surface area contributed by atoms with Gasteiger partial charge in [0.05, 0.1) is 0 Å². The van der Waals surface area contributed by atoms with E-state index in [-0.39, 0.29) is 0 Å². The second kappa shape index (κ2) is 5.65. The van der Waals surface area contributed by atoms with Gasteiger partial charge in [-0.15, -0.1) is 0 Å². The molecule has 3 heteroatoms. The lowest BCUT2D eigenvalue weighted by molar-refractivity contribution is 0.631. The maximum Gasteiger partial charge on any atom is 0.0245 e. The smallest absolute Gasteiger partial charge is 0.0245 e. The van der Waals surface area contributed by atoms with Gasteiger partial charge in [0.15, 0.2) is 0 Å². The van der Waals surface area contributed by atoms with Gasteiger partial charge in [-0.25, -0.2) is 0 Å². The molecule has 0 aromatic rings. The molecule has 0 unspecified atom stereocenters. The van der Waals surface area contributed by atoms with Crippen LogP contribution in [0.2, 0.25) is 0 Å². The van der Waals surface area contributed by atoms with Crippen molar-refractivity contribution in [3.8, 4) is 0 Å². The molecule has 1 rings (SSSR count). The molecule has 0 aromatic heterocycles. The summed E-state index contributed by atoms with van der Waals surface area (Å²) in [6.45, 7) is 4.61. The Balaban J connectivity index is 1.94. The summed E-state index contributed by atoms with van der Waals surface area (Å²) in [6, 6.07) is 0. The fourth-order valence-electron chi connectivity index (χ4n) is 0.863. The molecule has 0 amide bonds. The zero-order valence-corrected chi connectivity index (χ0v) is 9.66. The molecule has 0 bridgehead atoms. The van der Waals surface area contributed by atoms with Crippen molar-refractivity contribution in [2.75, 3.05) is 17.3 Å². The molecule has 1 saturated heterocycles. The summed E-state index contributed by atoms with van der Waals surface area (Å²) in [6.07, 6.45) is 1.39. The molecule has 0 radical (unpaired) electrons. The minimum atomic E-state index is 0.879. The van der Waals surface area contributed by atoms with Crippen molar-refractivity contribution in [2.45, 2.75) is 25.5 Å². The lowest BCUT2D eigenvalue weighted by Crippen LogP contribution is -2.04. The Labute approximate surface area is 82.1 Å². The van der Waals surface area contributed by atoms with Crippen LogP contribution in [0.25, 0.3) is 0 Å². The lowest BCUT2D eigenvalue weighted by atomic mass is 10.2. The van der Waals surface area contributed by atoms with Crippen LogP contribution in [0.5, 0.6) is 0 Å².